The molecule has 0 saturated carbocycles. The van der Waals surface area contributed by atoms with Crippen molar-refractivity contribution in [3.63, 3.8) is 0 Å². The first-order valence-corrected chi connectivity index (χ1v) is 6.59. The van der Waals surface area contributed by atoms with Crippen LogP contribution >= 0.6 is 0 Å². The van der Waals surface area contributed by atoms with Crippen molar-refractivity contribution in [2.24, 2.45) is 0 Å². The third kappa shape index (κ3) is 3.72. The quantitative estimate of drug-likeness (QED) is 0.739. The van der Waals surface area contributed by atoms with Crippen LogP contribution in [0, 0.1) is 12.7 Å². The standard InChI is InChI=1S/C16H17FN2O2/c1-10-8-12(17)3-2-11(10)6-7-19-15-5-4-13(18)9-14(15)16(20)21/h2-5,8-9,19H,6-7,18H2,1H3,(H,20,21). The van der Waals surface area contributed by atoms with Gasteiger partial charge in [0.05, 0.1) is 5.56 Å². The molecule has 4 N–H and O–H groups in total. The van der Waals surface area contributed by atoms with Crippen LogP contribution in [0.1, 0.15) is 21.5 Å². The van der Waals surface area contributed by atoms with E-state index in [0.29, 0.717) is 24.3 Å². The summed E-state index contributed by atoms with van der Waals surface area (Å²) < 4.78 is 13.0. The fraction of sp³-hybridized carbons (Fsp3) is 0.188. The lowest BCUT2D eigenvalue weighted by atomic mass is 10.1. The first-order valence-electron chi connectivity index (χ1n) is 6.59. The van der Waals surface area contributed by atoms with Crippen LogP contribution in [-0.4, -0.2) is 17.6 Å². The summed E-state index contributed by atoms with van der Waals surface area (Å²) in [6.07, 6.45) is 0.676. The molecule has 0 aliphatic heterocycles. The number of nitrogens with one attached hydrogen (secondary N) is 1. The zero-order chi connectivity index (χ0) is 15.4. The SMILES string of the molecule is Cc1cc(F)ccc1CCNc1ccc(N)cc1C(=O)O. The van der Waals surface area contributed by atoms with Crippen molar-refractivity contribution in [1.29, 1.82) is 0 Å². The van der Waals surface area contributed by atoms with Crippen molar-refractivity contribution in [1.82, 2.24) is 0 Å². The molecule has 2 aromatic rings. The molecule has 0 aromatic heterocycles. The maximum Gasteiger partial charge on any atom is 0.337 e. The van der Waals surface area contributed by atoms with Gasteiger partial charge in [0.25, 0.3) is 0 Å². The molecule has 4 nitrogen and oxygen atoms in total. The van der Waals surface area contributed by atoms with Gasteiger partial charge in [-0.25, -0.2) is 9.18 Å². The van der Waals surface area contributed by atoms with Gasteiger partial charge < -0.3 is 16.2 Å². The average Bonchev–Trinajstić information content (AvgIpc) is 2.42. The fourth-order valence-electron chi connectivity index (χ4n) is 2.16. The summed E-state index contributed by atoms with van der Waals surface area (Å²) in [6.45, 7) is 2.40. The highest BCUT2D eigenvalue weighted by Gasteiger charge is 2.10. The van der Waals surface area contributed by atoms with E-state index in [1.54, 1.807) is 18.2 Å². The predicted octanol–water partition coefficient (Wildman–Crippen LogP) is 3.07. The van der Waals surface area contributed by atoms with Crippen molar-refractivity contribution in [3.05, 3.63) is 58.9 Å². The Morgan fingerprint density at radius 1 is 1.29 bits per heavy atom. The van der Waals surface area contributed by atoms with E-state index in [-0.39, 0.29) is 11.4 Å². The van der Waals surface area contributed by atoms with Crippen molar-refractivity contribution < 1.29 is 14.3 Å². The number of hydrogen-bond acceptors (Lipinski definition) is 3. The highest BCUT2D eigenvalue weighted by Crippen LogP contribution is 2.19. The number of aromatic carboxylic acids is 1. The van der Waals surface area contributed by atoms with Gasteiger partial charge >= 0.3 is 5.97 Å². The van der Waals surface area contributed by atoms with E-state index in [2.05, 4.69) is 5.32 Å². The van der Waals surface area contributed by atoms with Gasteiger partial charge in [0.15, 0.2) is 0 Å². The molecule has 2 rings (SSSR count). The number of rotatable bonds is 5. The molecule has 0 unspecified atom stereocenters. The molecule has 5 heteroatoms. The molecule has 0 heterocycles. The Morgan fingerprint density at radius 3 is 2.71 bits per heavy atom. The van der Waals surface area contributed by atoms with Gasteiger partial charge in [0, 0.05) is 17.9 Å². The predicted molar refractivity (Wildman–Crippen MR) is 81.1 cm³/mol. The van der Waals surface area contributed by atoms with E-state index < -0.39 is 5.97 Å². The summed E-state index contributed by atoms with van der Waals surface area (Å²) in [6, 6.07) is 9.38. The number of carboxylic acid groups (broad SMARTS) is 1. The highest BCUT2D eigenvalue weighted by atomic mass is 19.1. The van der Waals surface area contributed by atoms with Gasteiger partial charge in [-0.1, -0.05) is 6.07 Å². The Labute approximate surface area is 122 Å². The molecular formula is C16H17FN2O2. The normalized spacial score (nSPS) is 10.4. The van der Waals surface area contributed by atoms with E-state index in [0.717, 1.165) is 11.1 Å². The molecule has 110 valence electrons. The topological polar surface area (TPSA) is 75.3 Å². The van der Waals surface area contributed by atoms with Crippen LogP contribution < -0.4 is 11.1 Å². The van der Waals surface area contributed by atoms with Crippen molar-refractivity contribution in [3.8, 4) is 0 Å². The fourth-order valence-corrected chi connectivity index (χ4v) is 2.16. The number of nitrogens with two attached hydrogens (primary N) is 1. The first kappa shape index (κ1) is 14.8. The second kappa shape index (κ2) is 6.26. The summed E-state index contributed by atoms with van der Waals surface area (Å²) in [7, 11) is 0. The third-order valence-corrected chi connectivity index (χ3v) is 3.29. The minimum Gasteiger partial charge on any atom is -0.478 e. The number of anilines is 2. The molecule has 0 aliphatic rings. The summed E-state index contributed by atoms with van der Waals surface area (Å²) in [5, 5.41) is 12.2. The van der Waals surface area contributed by atoms with Gasteiger partial charge in [-0.2, -0.15) is 0 Å². The summed E-state index contributed by atoms with van der Waals surface area (Å²) in [4.78, 5) is 11.2. The number of nitrogen functional groups attached to an aromatic ring is 1. The molecule has 0 atom stereocenters. The van der Waals surface area contributed by atoms with Crippen LogP contribution in [0.2, 0.25) is 0 Å². The van der Waals surface area contributed by atoms with Gasteiger partial charge in [0.1, 0.15) is 5.82 Å². The Balaban J connectivity index is 2.05. The number of hydrogen-bond donors (Lipinski definition) is 3. The number of carboxylic acids is 1. The zero-order valence-electron chi connectivity index (χ0n) is 11.7. The summed E-state index contributed by atoms with van der Waals surface area (Å²) >= 11 is 0. The Kier molecular flexibility index (Phi) is 4.42. The maximum atomic E-state index is 13.0. The smallest absolute Gasteiger partial charge is 0.337 e. The van der Waals surface area contributed by atoms with Gasteiger partial charge in [-0.3, -0.25) is 0 Å². The number of halogens is 1. The molecule has 0 amide bonds. The van der Waals surface area contributed by atoms with Crippen molar-refractivity contribution >= 4 is 17.3 Å². The number of benzene rings is 2. The Hall–Kier alpha value is -2.56. The van der Waals surface area contributed by atoms with Crippen molar-refractivity contribution in [2.75, 3.05) is 17.6 Å². The summed E-state index contributed by atoms with van der Waals surface area (Å²) in [5.41, 5.74) is 8.58. The summed E-state index contributed by atoms with van der Waals surface area (Å²) in [5.74, 6) is -1.28. The Morgan fingerprint density at radius 2 is 2.05 bits per heavy atom. The molecule has 0 saturated heterocycles. The molecule has 2 aromatic carbocycles. The molecule has 0 bridgehead atoms. The average molecular weight is 288 g/mol. The van der Waals surface area contributed by atoms with Crippen LogP contribution in [0.3, 0.4) is 0 Å². The van der Waals surface area contributed by atoms with Crippen molar-refractivity contribution in [2.45, 2.75) is 13.3 Å². The maximum absolute atomic E-state index is 13.0. The van der Waals surface area contributed by atoms with Crippen LogP contribution in [0.4, 0.5) is 15.8 Å². The third-order valence-electron chi connectivity index (χ3n) is 3.29. The van der Waals surface area contributed by atoms with E-state index in [1.165, 1.54) is 18.2 Å². The van der Waals surface area contributed by atoms with Crippen LogP contribution in [0.25, 0.3) is 0 Å². The lowest BCUT2D eigenvalue weighted by molar-refractivity contribution is 0.0698. The number of aryl methyl sites for hydroxylation is 1. The van der Waals surface area contributed by atoms with E-state index in [9.17, 15) is 9.18 Å². The first-order chi connectivity index (χ1) is 9.97. The second-order valence-corrected chi connectivity index (χ2v) is 4.86. The molecule has 21 heavy (non-hydrogen) atoms. The highest BCUT2D eigenvalue weighted by molar-refractivity contribution is 5.95. The molecule has 0 radical (unpaired) electrons. The molecular weight excluding hydrogens is 271 g/mol. The lowest BCUT2D eigenvalue weighted by Gasteiger charge is -2.11. The largest absolute Gasteiger partial charge is 0.478 e. The van der Waals surface area contributed by atoms with E-state index >= 15 is 0 Å². The molecule has 0 spiro atoms. The van der Waals surface area contributed by atoms with Crippen LogP contribution in [0.5, 0.6) is 0 Å². The van der Waals surface area contributed by atoms with E-state index in [1.807, 2.05) is 6.92 Å². The monoisotopic (exact) mass is 288 g/mol. The van der Waals surface area contributed by atoms with E-state index in [4.69, 9.17) is 10.8 Å². The van der Waals surface area contributed by atoms with Gasteiger partial charge in [-0.15, -0.1) is 0 Å². The minimum atomic E-state index is -1.03. The van der Waals surface area contributed by atoms with Gasteiger partial charge in [0.2, 0.25) is 0 Å². The lowest BCUT2D eigenvalue weighted by Crippen LogP contribution is -2.10. The zero-order valence-corrected chi connectivity index (χ0v) is 11.7. The van der Waals surface area contributed by atoms with Crippen LogP contribution in [0.15, 0.2) is 36.4 Å². The van der Waals surface area contributed by atoms with Crippen LogP contribution in [-0.2, 0) is 6.42 Å². The Bertz CT molecular complexity index is 671. The second-order valence-electron chi connectivity index (χ2n) is 4.86. The molecule has 0 aliphatic carbocycles. The number of carbonyl (C=O) groups is 1. The van der Waals surface area contributed by atoms with Gasteiger partial charge in [-0.05, 0) is 54.8 Å². The molecule has 0 fully saturated rings. The minimum absolute atomic E-state index is 0.144.